The van der Waals surface area contributed by atoms with Crippen molar-refractivity contribution in [2.45, 2.75) is 0 Å². The van der Waals surface area contributed by atoms with Crippen LogP contribution in [-0.2, 0) is 0 Å². The number of anilines is 2. The number of hydrogen-bond acceptors (Lipinski definition) is 5. The molecule has 0 atom stereocenters. The summed E-state index contributed by atoms with van der Waals surface area (Å²) >= 11 is 0. The number of aromatic nitrogens is 2. The fraction of sp³-hybridized carbons (Fsp3) is 0.0556. The molecule has 0 fully saturated rings. The van der Waals surface area contributed by atoms with Crippen molar-refractivity contribution in [3.63, 3.8) is 0 Å². The Hall–Kier alpha value is -3.39. The summed E-state index contributed by atoms with van der Waals surface area (Å²) in [6, 6.07) is 18.8. The molecule has 5 nitrogen and oxygen atoms in total. The lowest BCUT2D eigenvalue weighted by atomic mass is 10.1. The summed E-state index contributed by atoms with van der Waals surface area (Å²) in [4.78, 5) is 8.74. The predicted molar refractivity (Wildman–Crippen MR) is 88.5 cm³/mol. The Morgan fingerprint density at radius 3 is 2.78 bits per heavy atom. The van der Waals surface area contributed by atoms with E-state index >= 15 is 0 Å². The standard InChI is InChI=1S/C18H14N4O/c1-23-17-8-3-2-7-16(17)22-18-20-10-9-15(21-18)14-6-4-5-13(11-14)12-19/h2-11H,1H3,(H,20,21,22). The summed E-state index contributed by atoms with van der Waals surface area (Å²) in [6.45, 7) is 0. The van der Waals surface area contributed by atoms with Gasteiger partial charge in [0.05, 0.1) is 30.1 Å². The summed E-state index contributed by atoms with van der Waals surface area (Å²) in [5.41, 5.74) is 3.00. The molecule has 1 N–H and O–H groups in total. The van der Waals surface area contributed by atoms with E-state index in [1.54, 1.807) is 25.4 Å². The molecule has 3 rings (SSSR count). The van der Waals surface area contributed by atoms with E-state index in [-0.39, 0.29) is 0 Å². The summed E-state index contributed by atoms with van der Waals surface area (Å²) in [5, 5.41) is 12.2. The van der Waals surface area contributed by atoms with Gasteiger partial charge in [-0.15, -0.1) is 0 Å². The van der Waals surface area contributed by atoms with Crippen LogP contribution in [0.3, 0.4) is 0 Å². The number of nitrogens with one attached hydrogen (secondary N) is 1. The Labute approximate surface area is 134 Å². The zero-order valence-corrected chi connectivity index (χ0v) is 12.5. The average Bonchev–Trinajstić information content (AvgIpc) is 2.62. The van der Waals surface area contributed by atoms with E-state index < -0.39 is 0 Å². The van der Waals surface area contributed by atoms with Crippen molar-refractivity contribution >= 4 is 11.6 Å². The first-order valence-corrected chi connectivity index (χ1v) is 7.04. The number of hydrogen-bond donors (Lipinski definition) is 1. The van der Waals surface area contributed by atoms with Crippen LogP contribution in [0.15, 0.2) is 60.8 Å². The van der Waals surface area contributed by atoms with Crippen LogP contribution in [0.2, 0.25) is 0 Å². The molecule has 0 spiro atoms. The molecule has 0 aliphatic rings. The number of ether oxygens (including phenoxy) is 1. The average molecular weight is 302 g/mol. The van der Waals surface area contributed by atoms with Crippen LogP contribution in [0, 0.1) is 11.3 Å². The lowest BCUT2D eigenvalue weighted by Gasteiger charge is -2.10. The Kier molecular flexibility index (Phi) is 4.16. The monoisotopic (exact) mass is 302 g/mol. The van der Waals surface area contributed by atoms with Gasteiger partial charge in [-0.25, -0.2) is 9.97 Å². The highest BCUT2D eigenvalue weighted by atomic mass is 16.5. The normalized spacial score (nSPS) is 9.91. The van der Waals surface area contributed by atoms with Gasteiger partial charge in [0.15, 0.2) is 0 Å². The van der Waals surface area contributed by atoms with E-state index in [9.17, 15) is 0 Å². The molecule has 5 heteroatoms. The van der Waals surface area contributed by atoms with Gasteiger partial charge in [0, 0.05) is 11.8 Å². The zero-order chi connectivity index (χ0) is 16.1. The van der Waals surface area contributed by atoms with Crippen molar-refractivity contribution in [2.24, 2.45) is 0 Å². The van der Waals surface area contributed by atoms with Crippen LogP contribution in [0.1, 0.15) is 5.56 Å². The van der Waals surface area contributed by atoms with Crippen LogP contribution >= 0.6 is 0 Å². The Morgan fingerprint density at radius 1 is 1.09 bits per heavy atom. The lowest BCUT2D eigenvalue weighted by Crippen LogP contribution is -1.99. The second-order valence-electron chi connectivity index (χ2n) is 4.78. The molecule has 0 aliphatic carbocycles. The van der Waals surface area contributed by atoms with Gasteiger partial charge in [-0.2, -0.15) is 5.26 Å². The lowest BCUT2D eigenvalue weighted by molar-refractivity contribution is 0.417. The molecule has 0 saturated carbocycles. The van der Waals surface area contributed by atoms with Crippen LogP contribution in [-0.4, -0.2) is 17.1 Å². The molecule has 0 radical (unpaired) electrons. The largest absolute Gasteiger partial charge is 0.495 e. The highest BCUT2D eigenvalue weighted by Crippen LogP contribution is 2.26. The fourth-order valence-corrected chi connectivity index (χ4v) is 2.20. The summed E-state index contributed by atoms with van der Waals surface area (Å²) in [6.07, 6.45) is 1.68. The van der Waals surface area contributed by atoms with E-state index in [1.807, 2.05) is 42.5 Å². The predicted octanol–water partition coefficient (Wildman–Crippen LogP) is 3.77. The molecule has 3 aromatic rings. The molecular weight excluding hydrogens is 288 g/mol. The molecule has 23 heavy (non-hydrogen) atoms. The summed E-state index contributed by atoms with van der Waals surface area (Å²) < 4.78 is 5.31. The van der Waals surface area contributed by atoms with Crippen molar-refractivity contribution in [2.75, 3.05) is 12.4 Å². The number of para-hydroxylation sites is 2. The van der Waals surface area contributed by atoms with Gasteiger partial charge in [-0.05, 0) is 30.3 Å². The summed E-state index contributed by atoms with van der Waals surface area (Å²) in [5.74, 6) is 1.18. The molecule has 1 aromatic heterocycles. The van der Waals surface area contributed by atoms with E-state index in [0.29, 0.717) is 17.3 Å². The van der Waals surface area contributed by atoms with Gasteiger partial charge in [0.1, 0.15) is 5.75 Å². The van der Waals surface area contributed by atoms with E-state index in [0.717, 1.165) is 16.9 Å². The van der Waals surface area contributed by atoms with Gasteiger partial charge in [0.25, 0.3) is 0 Å². The third-order valence-electron chi connectivity index (χ3n) is 3.30. The van der Waals surface area contributed by atoms with Gasteiger partial charge >= 0.3 is 0 Å². The van der Waals surface area contributed by atoms with Gasteiger partial charge in [-0.3, -0.25) is 0 Å². The second kappa shape index (κ2) is 6.58. The first-order valence-electron chi connectivity index (χ1n) is 7.04. The van der Waals surface area contributed by atoms with E-state index in [2.05, 4.69) is 21.4 Å². The molecule has 0 bridgehead atoms. The minimum atomic E-state index is 0.467. The van der Waals surface area contributed by atoms with E-state index in [4.69, 9.17) is 10.00 Å². The molecule has 2 aromatic carbocycles. The highest BCUT2D eigenvalue weighted by Gasteiger charge is 2.06. The minimum Gasteiger partial charge on any atom is -0.495 e. The number of nitrogens with zero attached hydrogens (tertiary/aromatic N) is 3. The van der Waals surface area contributed by atoms with Crippen LogP contribution in [0.5, 0.6) is 5.75 Å². The van der Waals surface area contributed by atoms with Crippen molar-refractivity contribution in [3.8, 4) is 23.1 Å². The van der Waals surface area contributed by atoms with Gasteiger partial charge < -0.3 is 10.1 Å². The van der Waals surface area contributed by atoms with Crippen LogP contribution in [0.25, 0.3) is 11.3 Å². The van der Waals surface area contributed by atoms with Crippen molar-refractivity contribution in [1.82, 2.24) is 9.97 Å². The van der Waals surface area contributed by atoms with Crippen molar-refractivity contribution < 1.29 is 4.74 Å². The van der Waals surface area contributed by atoms with Crippen molar-refractivity contribution in [1.29, 1.82) is 5.26 Å². The first kappa shape index (κ1) is 14.5. The SMILES string of the molecule is COc1ccccc1Nc1nccc(-c2cccc(C#N)c2)n1. The Bertz CT molecular complexity index is 871. The highest BCUT2D eigenvalue weighted by molar-refractivity contribution is 5.66. The molecule has 0 amide bonds. The second-order valence-corrected chi connectivity index (χ2v) is 4.78. The Morgan fingerprint density at radius 2 is 1.96 bits per heavy atom. The third kappa shape index (κ3) is 3.27. The maximum Gasteiger partial charge on any atom is 0.227 e. The Balaban J connectivity index is 1.92. The van der Waals surface area contributed by atoms with Gasteiger partial charge in [0.2, 0.25) is 5.95 Å². The van der Waals surface area contributed by atoms with E-state index in [1.165, 1.54) is 0 Å². The zero-order valence-electron chi connectivity index (χ0n) is 12.5. The maximum atomic E-state index is 9.01. The topological polar surface area (TPSA) is 70.8 Å². The number of rotatable bonds is 4. The quantitative estimate of drug-likeness (QED) is 0.794. The minimum absolute atomic E-state index is 0.467. The number of methoxy groups -OCH3 is 1. The number of benzene rings is 2. The van der Waals surface area contributed by atoms with Crippen LogP contribution < -0.4 is 10.1 Å². The fourth-order valence-electron chi connectivity index (χ4n) is 2.20. The molecule has 112 valence electrons. The molecule has 1 heterocycles. The summed E-state index contributed by atoms with van der Waals surface area (Å²) in [7, 11) is 1.62. The molecule has 0 unspecified atom stereocenters. The molecule has 0 saturated heterocycles. The maximum absolute atomic E-state index is 9.01. The molecular formula is C18H14N4O. The number of nitriles is 1. The smallest absolute Gasteiger partial charge is 0.227 e. The first-order chi connectivity index (χ1) is 11.3. The van der Waals surface area contributed by atoms with Crippen LogP contribution in [0.4, 0.5) is 11.6 Å². The third-order valence-corrected chi connectivity index (χ3v) is 3.30. The molecule has 0 aliphatic heterocycles. The van der Waals surface area contributed by atoms with Crippen molar-refractivity contribution in [3.05, 3.63) is 66.4 Å². The van der Waals surface area contributed by atoms with Gasteiger partial charge in [-0.1, -0.05) is 24.3 Å².